The highest BCUT2D eigenvalue weighted by Gasteiger charge is 2.10. The fourth-order valence-corrected chi connectivity index (χ4v) is 2.86. The highest BCUT2D eigenvalue weighted by molar-refractivity contribution is 5.91. The molecule has 0 aliphatic heterocycles. The number of aryl methyl sites for hydroxylation is 1. The molecule has 0 spiro atoms. The summed E-state index contributed by atoms with van der Waals surface area (Å²) in [5.74, 6) is 2.51. The third-order valence-corrected chi connectivity index (χ3v) is 4.32. The Morgan fingerprint density at radius 1 is 0.769 bits per heavy atom. The first-order valence-electron chi connectivity index (χ1n) is 8.49. The van der Waals surface area contributed by atoms with Crippen molar-refractivity contribution in [1.82, 2.24) is 9.97 Å². The summed E-state index contributed by atoms with van der Waals surface area (Å²) in [7, 11) is 2.00. The number of rotatable bonds is 4. The Kier molecular flexibility index (Phi) is 4.23. The molecule has 0 atom stereocenters. The summed E-state index contributed by atoms with van der Waals surface area (Å²) in [6.45, 7) is 2.06. The molecule has 0 N–H and O–H groups in total. The van der Waals surface area contributed by atoms with E-state index in [4.69, 9.17) is 4.74 Å². The molecule has 1 aromatic heterocycles. The summed E-state index contributed by atoms with van der Waals surface area (Å²) in [6.07, 6.45) is 1.60. The first-order valence-corrected chi connectivity index (χ1v) is 8.49. The van der Waals surface area contributed by atoms with E-state index in [9.17, 15) is 0 Å². The van der Waals surface area contributed by atoms with E-state index < -0.39 is 0 Å². The van der Waals surface area contributed by atoms with Gasteiger partial charge in [0.25, 0.3) is 0 Å². The summed E-state index contributed by atoms with van der Waals surface area (Å²) >= 11 is 0. The van der Waals surface area contributed by atoms with Crippen LogP contribution in [0.2, 0.25) is 0 Å². The zero-order valence-corrected chi connectivity index (χ0v) is 14.8. The van der Waals surface area contributed by atoms with Gasteiger partial charge in [-0.2, -0.15) is 0 Å². The van der Waals surface area contributed by atoms with Gasteiger partial charge in [-0.15, -0.1) is 0 Å². The Morgan fingerprint density at radius 2 is 1.42 bits per heavy atom. The number of hydrogen-bond donors (Lipinski definition) is 0. The van der Waals surface area contributed by atoms with Crippen LogP contribution in [0.3, 0.4) is 0 Å². The topological polar surface area (TPSA) is 38.2 Å². The maximum atomic E-state index is 5.90. The van der Waals surface area contributed by atoms with Gasteiger partial charge < -0.3 is 9.64 Å². The predicted octanol–water partition coefficient (Wildman–Crippen LogP) is 5.50. The molecule has 0 amide bonds. The van der Waals surface area contributed by atoms with Gasteiger partial charge in [0.2, 0.25) is 0 Å². The van der Waals surface area contributed by atoms with Crippen LogP contribution in [0.4, 0.5) is 11.5 Å². The van der Waals surface area contributed by atoms with Crippen molar-refractivity contribution in [1.29, 1.82) is 0 Å². The van der Waals surface area contributed by atoms with Crippen LogP contribution in [0.5, 0.6) is 11.5 Å². The van der Waals surface area contributed by atoms with Gasteiger partial charge >= 0.3 is 0 Å². The summed E-state index contributed by atoms with van der Waals surface area (Å²) in [5, 5.41) is 1.03. The standard InChI is InChI=1S/C22H19N3O/c1-16-7-11-18(12-8-16)26-19-13-9-17(10-14-19)25(2)22-20-5-3-4-6-21(20)23-15-24-22/h3-15H,1-2H3. The number of hydrogen-bond acceptors (Lipinski definition) is 4. The minimum Gasteiger partial charge on any atom is -0.457 e. The van der Waals surface area contributed by atoms with Crippen molar-refractivity contribution in [2.24, 2.45) is 0 Å². The van der Waals surface area contributed by atoms with Crippen molar-refractivity contribution in [3.05, 3.63) is 84.7 Å². The van der Waals surface area contributed by atoms with Crippen molar-refractivity contribution < 1.29 is 4.74 Å². The molecule has 3 aromatic carbocycles. The lowest BCUT2D eigenvalue weighted by Crippen LogP contribution is -2.11. The number of anilines is 2. The van der Waals surface area contributed by atoms with Gasteiger partial charge in [0.05, 0.1) is 5.52 Å². The number of benzene rings is 3. The lowest BCUT2D eigenvalue weighted by atomic mass is 10.2. The van der Waals surface area contributed by atoms with Crippen LogP contribution in [-0.4, -0.2) is 17.0 Å². The molecule has 1 heterocycles. The monoisotopic (exact) mass is 341 g/mol. The molecule has 0 saturated heterocycles. The lowest BCUT2D eigenvalue weighted by molar-refractivity contribution is 0.482. The normalized spacial score (nSPS) is 10.7. The maximum absolute atomic E-state index is 5.90. The number of para-hydroxylation sites is 1. The third kappa shape index (κ3) is 3.22. The Labute approximate surface area is 152 Å². The number of fused-ring (bicyclic) bond motifs is 1. The van der Waals surface area contributed by atoms with Gasteiger partial charge in [-0.05, 0) is 55.5 Å². The third-order valence-electron chi connectivity index (χ3n) is 4.32. The minimum atomic E-state index is 0.804. The number of nitrogens with zero attached hydrogens (tertiary/aromatic N) is 3. The van der Waals surface area contributed by atoms with Crippen molar-refractivity contribution in [2.75, 3.05) is 11.9 Å². The van der Waals surface area contributed by atoms with Crippen LogP contribution < -0.4 is 9.64 Å². The number of aromatic nitrogens is 2. The predicted molar refractivity (Wildman–Crippen MR) is 105 cm³/mol. The minimum absolute atomic E-state index is 0.804. The first kappa shape index (κ1) is 16.1. The maximum Gasteiger partial charge on any atom is 0.144 e. The van der Waals surface area contributed by atoms with Crippen LogP contribution >= 0.6 is 0 Å². The van der Waals surface area contributed by atoms with Crippen LogP contribution in [0, 0.1) is 6.92 Å². The largest absolute Gasteiger partial charge is 0.457 e. The van der Waals surface area contributed by atoms with E-state index in [-0.39, 0.29) is 0 Å². The molecule has 4 aromatic rings. The first-order chi connectivity index (χ1) is 12.7. The molecule has 0 aliphatic carbocycles. The van der Waals surface area contributed by atoms with Crippen molar-refractivity contribution in [3.63, 3.8) is 0 Å². The van der Waals surface area contributed by atoms with Crippen molar-refractivity contribution >= 4 is 22.4 Å². The zero-order valence-electron chi connectivity index (χ0n) is 14.8. The summed E-state index contributed by atoms with van der Waals surface area (Å²) in [4.78, 5) is 10.8. The van der Waals surface area contributed by atoms with E-state index in [1.807, 2.05) is 79.8 Å². The van der Waals surface area contributed by atoms with Gasteiger partial charge in [-0.3, -0.25) is 0 Å². The second-order valence-electron chi connectivity index (χ2n) is 6.18. The Morgan fingerprint density at radius 3 is 2.15 bits per heavy atom. The Hall–Kier alpha value is -3.40. The number of ether oxygens (including phenoxy) is 1. The van der Waals surface area contributed by atoms with Gasteiger partial charge in [-0.25, -0.2) is 9.97 Å². The van der Waals surface area contributed by atoms with Gasteiger partial charge in [-0.1, -0.05) is 29.8 Å². The molecule has 4 nitrogen and oxygen atoms in total. The lowest BCUT2D eigenvalue weighted by Gasteiger charge is -2.20. The van der Waals surface area contributed by atoms with Gasteiger partial charge in [0.1, 0.15) is 23.6 Å². The molecule has 4 heteroatoms. The Bertz CT molecular complexity index is 1020. The van der Waals surface area contributed by atoms with Crippen molar-refractivity contribution in [3.8, 4) is 11.5 Å². The molecular formula is C22H19N3O. The smallest absolute Gasteiger partial charge is 0.144 e. The molecule has 128 valence electrons. The average molecular weight is 341 g/mol. The van der Waals surface area contributed by atoms with Gasteiger partial charge in [0, 0.05) is 18.1 Å². The molecule has 0 fully saturated rings. The average Bonchev–Trinajstić information content (AvgIpc) is 2.69. The molecule has 0 aliphatic rings. The van der Waals surface area contributed by atoms with Crippen molar-refractivity contribution in [2.45, 2.75) is 6.92 Å². The van der Waals surface area contributed by atoms with E-state index in [0.717, 1.165) is 33.9 Å². The molecule has 0 bridgehead atoms. The SMILES string of the molecule is Cc1ccc(Oc2ccc(N(C)c3ncnc4ccccc34)cc2)cc1. The van der Waals surface area contributed by atoms with E-state index in [0.29, 0.717) is 0 Å². The zero-order chi connectivity index (χ0) is 17.9. The van der Waals surface area contributed by atoms with Gasteiger partial charge in [0.15, 0.2) is 0 Å². The van der Waals surface area contributed by atoms with Crippen LogP contribution in [-0.2, 0) is 0 Å². The highest BCUT2D eigenvalue weighted by atomic mass is 16.5. The quantitative estimate of drug-likeness (QED) is 0.491. The molecule has 26 heavy (non-hydrogen) atoms. The molecule has 0 radical (unpaired) electrons. The van der Waals surface area contributed by atoms with Crippen LogP contribution in [0.1, 0.15) is 5.56 Å². The molecule has 4 rings (SSSR count). The summed E-state index contributed by atoms with van der Waals surface area (Å²) in [6, 6.07) is 24.0. The highest BCUT2D eigenvalue weighted by Crippen LogP contribution is 2.30. The molecule has 0 saturated carbocycles. The summed E-state index contributed by atoms with van der Waals surface area (Å²) < 4.78 is 5.90. The molecular weight excluding hydrogens is 322 g/mol. The second kappa shape index (κ2) is 6.84. The Balaban J connectivity index is 1.58. The fourth-order valence-electron chi connectivity index (χ4n) is 2.86. The van der Waals surface area contributed by atoms with Crippen LogP contribution in [0.25, 0.3) is 10.9 Å². The summed E-state index contributed by atoms with van der Waals surface area (Å²) in [5.41, 5.74) is 3.18. The van der Waals surface area contributed by atoms with E-state index >= 15 is 0 Å². The van der Waals surface area contributed by atoms with Crippen LogP contribution in [0.15, 0.2) is 79.1 Å². The van der Waals surface area contributed by atoms with E-state index in [1.165, 1.54) is 5.56 Å². The van der Waals surface area contributed by atoms with E-state index in [2.05, 4.69) is 21.8 Å². The molecule has 0 unspecified atom stereocenters. The second-order valence-corrected chi connectivity index (χ2v) is 6.18. The van der Waals surface area contributed by atoms with E-state index in [1.54, 1.807) is 6.33 Å². The fraction of sp³-hybridized carbons (Fsp3) is 0.0909.